The van der Waals surface area contributed by atoms with Gasteiger partial charge in [-0.05, 0) is 31.2 Å². The van der Waals surface area contributed by atoms with Gasteiger partial charge in [-0.2, -0.15) is 0 Å². The average molecular weight is 327 g/mol. The van der Waals surface area contributed by atoms with Crippen molar-refractivity contribution < 1.29 is 9.84 Å². The first-order chi connectivity index (χ1) is 11.7. The molecule has 0 spiro atoms. The Morgan fingerprint density at radius 1 is 1.08 bits per heavy atom. The second-order valence-electron chi connectivity index (χ2n) is 6.25. The number of anilines is 1. The van der Waals surface area contributed by atoms with Crippen molar-refractivity contribution in [3.63, 3.8) is 0 Å². The third-order valence-corrected chi connectivity index (χ3v) is 4.28. The Balaban J connectivity index is 1.40. The van der Waals surface area contributed by atoms with Crippen LogP contribution in [0.15, 0.2) is 48.7 Å². The van der Waals surface area contributed by atoms with Gasteiger partial charge in [0.1, 0.15) is 24.3 Å². The molecule has 5 nitrogen and oxygen atoms in total. The number of aromatic nitrogens is 1. The maximum absolute atomic E-state index is 10.2. The number of ether oxygens (including phenoxy) is 1. The summed E-state index contributed by atoms with van der Waals surface area (Å²) in [5, 5.41) is 10.2. The Morgan fingerprint density at radius 2 is 1.83 bits per heavy atom. The molecule has 3 rings (SSSR count). The van der Waals surface area contributed by atoms with E-state index >= 15 is 0 Å². The zero-order valence-corrected chi connectivity index (χ0v) is 14.1. The normalized spacial score (nSPS) is 16.8. The molecule has 1 saturated heterocycles. The quantitative estimate of drug-likeness (QED) is 0.879. The van der Waals surface area contributed by atoms with E-state index in [2.05, 4.69) is 14.8 Å². The first kappa shape index (κ1) is 16.7. The van der Waals surface area contributed by atoms with Crippen LogP contribution in [0.2, 0.25) is 0 Å². The van der Waals surface area contributed by atoms with Gasteiger partial charge in [-0.3, -0.25) is 4.90 Å². The Hall–Kier alpha value is -2.11. The Labute approximate surface area is 143 Å². The van der Waals surface area contributed by atoms with Crippen LogP contribution in [0.25, 0.3) is 0 Å². The van der Waals surface area contributed by atoms with Crippen LogP contribution in [0, 0.1) is 6.92 Å². The van der Waals surface area contributed by atoms with Gasteiger partial charge in [0.2, 0.25) is 0 Å². The highest BCUT2D eigenvalue weighted by molar-refractivity contribution is 5.38. The number of aliphatic hydroxyl groups excluding tert-OH is 1. The molecule has 0 aliphatic carbocycles. The first-order valence-electron chi connectivity index (χ1n) is 8.46. The molecule has 5 heteroatoms. The second-order valence-corrected chi connectivity index (χ2v) is 6.25. The number of hydrogen-bond acceptors (Lipinski definition) is 5. The van der Waals surface area contributed by atoms with E-state index in [9.17, 15) is 5.11 Å². The van der Waals surface area contributed by atoms with Gasteiger partial charge in [0.25, 0.3) is 0 Å². The summed E-state index contributed by atoms with van der Waals surface area (Å²) in [6.45, 7) is 6.73. The summed E-state index contributed by atoms with van der Waals surface area (Å²) in [7, 11) is 0. The van der Waals surface area contributed by atoms with Gasteiger partial charge in [-0.25, -0.2) is 4.98 Å². The molecule has 1 aliphatic rings. The first-order valence-corrected chi connectivity index (χ1v) is 8.46. The molecule has 0 bridgehead atoms. The number of hydrogen-bond donors (Lipinski definition) is 1. The SMILES string of the molecule is Cc1ccc(OCC(O)CN2CCN(c3ccccn3)CC2)cc1. The number of aliphatic hydroxyl groups is 1. The van der Waals surface area contributed by atoms with Gasteiger partial charge in [0, 0.05) is 38.9 Å². The molecule has 0 radical (unpaired) electrons. The van der Waals surface area contributed by atoms with E-state index in [-0.39, 0.29) is 0 Å². The fourth-order valence-corrected chi connectivity index (χ4v) is 2.88. The monoisotopic (exact) mass is 327 g/mol. The highest BCUT2D eigenvalue weighted by Gasteiger charge is 2.20. The van der Waals surface area contributed by atoms with E-state index in [4.69, 9.17) is 4.74 Å². The number of nitrogens with zero attached hydrogens (tertiary/aromatic N) is 3. The second kappa shape index (κ2) is 8.13. The van der Waals surface area contributed by atoms with Crippen LogP contribution in [0.4, 0.5) is 5.82 Å². The van der Waals surface area contributed by atoms with Gasteiger partial charge in [0.05, 0.1) is 0 Å². The molecule has 24 heavy (non-hydrogen) atoms. The zero-order valence-electron chi connectivity index (χ0n) is 14.1. The molecule has 1 aromatic carbocycles. The van der Waals surface area contributed by atoms with Gasteiger partial charge in [-0.1, -0.05) is 23.8 Å². The molecule has 1 aliphatic heterocycles. The lowest BCUT2D eigenvalue weighted by Crippen LogP contribution is -2.49. The minimum absolute atomic E-state index is 0.323. The number of pyridine rings is 1. The van der Waals surface area contributed by atoms with Crippen molar-refractivity contribution in [1.29, 1.82) is 0 Å². The third kappa shape index (κ3) is 4.69. The molecule has 1 atom stereocenters. The molecule has 1 unspecified atom stereocenters. The molecule has 2 aromatic rings. The van der Waals surface area contributed by atoms with Crippen LogP contribution in [0.1, 0.15) is 5.56 Å². The Morgan fingerprint density at radius 3 is 2.50 bits per heavy atom. The van der Waals surface area contributed by atoms with Crippen molar-refractivity contribution in [1.82, 2.24) is 9.88 Å². The van der Waals surface area contributed by atoms with E-state index in [0.717, 1.165) is 37.7 Å². The van der Waals surface area contributed by atoms with Crippen molar-refractivity contribution in [3.8, 4) is 5.75 Å². The average Bonchev–Trinajstić information content (AvgIpc) is 2.63. The van der Waals surface area contributed by atoms with Gasteiger partial charge in [0.15, 0.2) is 0 Å². The molecule has 1 fully saturated rings. The van der Waals surface area contributed by atoms with E-state index in [1.807, 2.05) is 55.6 Å². The largest absolute Gasteiger partial charge is 0.491 e. The summed E-state index contributed by atoms with van der Waals surface area (Å²) in [4.78, 5) is 8.96. The van der Waals surface area contributed by atoms with Crippen LogP contribution in [0.3, 0.4) is 0 Å². The lowest BCUT2D eigenvalue weighted by atomic mass is 10.2. The smallest absolute Gasteiger partial charge is 0.128 e. The van der Waals surface area contributed by atoms with Crippen molar-refractivity contribution >= 4 is 5.82 Å². The number of benzene rings is 1. The van der Waals surface area contributed by atoms with Gasteiger partial charge in [-0.15, -0.1) is 0 Å². The number of β-amino-alcohol motifs (C(OH)–C–C–N with tert-alkyl or cyclic N) is 1. The van der Waals surface area contributed by atoms with Crippen molar-refractivity contribution in [2.75, 3.05) is 44.2 Å². The zero-order chi connectivity index (χ0) is 16.8. The number of aryl methyl sites for hydroxylation is 1. The van der Waals surface area contributed by atoms with Crippen LogP contribution in [0.5, 0.6) is 5.75 Å². The lowest BCUT2D eigenvalue weighted by molar-refractivity contribution is 0.0662. The molecule has 0 saturated carbocycles. The number of rotatable bonds is 6. The van der Waals surface area contributed by atoms with Gasteiger partial charge >= 0.3 is 0 Å². The van der Waals surface area contributed by atoms with Crippen LogP contribution in [-0.2, 0) is 0 Å². The Bertz CT molecular complexity index is 610. The third-order valence-electron chi connectivity index (χ3n) is 4.28. The van der Waals surface area contributed by atoms with E-state index < -0.39 is 6.10 Å². The molecule has 1 N–H and O–H groups in total. The highest BCUT2D eigenvalue weighted by atomic mass is 16.5. The summed E-state index contributed by atoms with van der Waals surface area (Å²) in [6.07, 6.45) is 1.35. The predicted octanol–water partition coefficient (Wildman–Crippen LogP) is 1.95. The Kier molecular flexibility index (Phi) is 5.67. The van der Waals surface area contributed by atoms with Crippen LogP contribution >= 0.6 is 0 Å². The maximum Gasteiger partial charge on any atom is 0.128 e. The molecule has 2 heterocycles. The number of piperazine rings is 1. The summed E-state index contributed by atoms with van der Waals surface area (Å²) < 4.78 is 5.66. The van der Waals surface area contributed by atoms with E-state index in [1.165, 1.54) is 5.56 Å². The summed E-state index contributed by atoms with van der Waals surface area (Å²) in [5.74, 6) is 1.83. The molecular weight excluding hydrogens is 302 g/mol. The summed E-state index contributed by atoms with van der Waals surface area (Å²) >= 11 is 0. The van der Waals surface area contributed by atoms with Crippen molar-refractivity contribution in [2.45, 2.75) is 13.0 Å². The van der Waals surface area contributed by atoms with E-state index in [0.29, 0.717) is 13.2 Å². The van der Waals surface area contributed by atoms with Crippen LogP contribution in [-0.4, -0.2) is 60.4 Å². The molecule has 0 amide bonds. The van der Waals surface area contributed by atoms with E-state index in [1.54, 1.807) is 0 Å². The minimum atomic E-state index is -0.479. The summed E-state index contributed by atoms with van der Waals surface area (Å²) in [6, 6.07) is 13.9. The molecule has 1 aromatic heterocycles. The maximum atomic E-state index is 10.2. The molecular formula is C19H25N3O2. The minimum Gasteiger partial charge on any atom is -0.491 e. The topological polar surface area (TPSA) is 48.8 Å². The predicted molar refractivity (Wildman–Crippen MR) is 95.6 cm³/mol. The standard InChI is InChI=1S/C19H25N3O2/c1-16-5-7-18(8-6-16)24-15-17(23)14-21-10-12-22(13-11-21)19-4-2-3-9-20-19/h2-9,17,23H,10-15H2,1H3. The highest BCUT2D eigenvalue weighted by Crippen LogP contribution is 2.14. The summed E-state index contributed by atoms with van der Waals surface area (Å²) in [5.41, 5.74) is 1.20. The lowest BCUT2D eigenvalue weighted by Gasteiger charge is -2.36. The fraction of sp³-hybridized carbons (Fsp3) is 0.421. The molecule has 128 valence electrons. The fourth-order valence-electron chi connectivity index (χ4n) is 2.88. The van der Waals surface area contributed by atoms with Crippen molar-refractivity contribution in [3.05, 3.63) is 54.2 Å². The van der Waals surface area contributed by atoms with Crippen LogP contribution < -0.4 is 9.64 Å². The van der Waals surface area contributed by atoms with Crippen molar-refractivity contribution in [2.24, 2.45) is 0 Å². The van der Waals surface area contributed by atoms with Gasteiger partial charge < -0.3 is 14.7 Å².